The summed E-state index contributed by atoms with van der Waals surface area (Å²) in [4.78, 5) is 1.27. The van der Waals surface area contributed by atoms with E-state index in [9.17, 15) is 8.42 Å². The van der Waals surface area contributed by atoms with Gasteiger partial charge in [0.1, 0.15) is 0 Å². The van der Waals surface area contributed by atoms with Crippen molar-refractivity contribution in [2.75, 3.05) is 18.0 Å². The number of hydrogen-bond donors (Lipinski definition) is 2. The van der Waals surface area contributed by atoms with Gasteiger partial charge in [-0.1, -0.05) is 18.2 Å². The third-order valence-corrected chi connectivity index (χ3v) is 6.12. The quantitative estimate of drug-likeness (QED) is 0.454. The molecule has 3 N–H and O–H groups in total. The van der Waals surface area contributed by atoms with Crippen LogP contribution in [-0.4, -0.2) is 20.7 Å². The summed E-state index contributed by atoms with van der Waals surface area (Å²) in [5, 5.41) is 0. The van der Waals surface area contributed by atoms with Crippen molar-refractivity contribution < 1.29 is 8.42 Å². The average molecular weight is 387 g/mol. The van der Waals surface area contributed by atoms with Crippen LogP contribution in [0.5, 0.6) is 0 Å². The summed E-state index contributed by atoms with van der Waals surface area (Å²) in [5.74, 6) is 0.656. The zero-order chi connectivity index (χ0) is 15.3. The molecule has 2 aromatic rings. The number of benzene rings is 2. The Kier molecular flexibility index (Phi) is 5.69. The zero-order valence-corrected chi connectivity index (χ0v) is 14.3. The Morgan fingerprint density at radius 2 is 1.86 bits per heavy atom. The fourth-order valence-corrected chi connectivity index (χ4v) is 4.61. The Labute approximate surface area is 137 Å². The largest absolute Gasteiger partial charge is 0.399 e. The van der Waals surface area contributed by atoms with E-state index in [-0.39, 0.29) is 4.90 Å². The van der Waals surface area contributed by atoms with E-state index in [4.69, 9.17) is 5.73 Å². The van der Waals surface area contributed by atoms with Gasteiger partial charge in [-0.2, -0.15) is 0 Å². The van der Waals surface area contributed by atoms with Crippen LogP contribution in [0.1, 0.15) is 0 Å². The lowest BCUT2D eigenvalue weighted by atomic mass is 10.3. The first kappa shape index (κ1) is 16.4. The minimum absolute atomic E-state index is 0.159. The van der Waals surface area contributed by atoms with Crippen LogP contribution in [0.15, 0.2) is 62.8 Å². The van der Waals surface area contributed by atoms with Crippen LogP contribution in [-0.2, 0) is 10.0 Å². The van der Waals surface area contributed by atoms with E-state index in [0.717, 1.165) is 4.90 Å². The predicted molar refractivity (Wildman–Crippen MR) is 90.9 cm³/mol. The van der Waals surface area contributed by atoms with E-state index in [1.807, 2.05) is 30.3 Å². The van der Waals surface area contributed by atoms with Crippen LogP contribution in [0.25, 0.3) is 0 Å². The molecular formula is C14H15BrN2O2S2. The second-order valence-corrected chi connectivity index (χ2v) is 8.01. The molecule has 0 aliphatic heterocycles. The number of hydrogen-bond acceptors (Lipinski definition) is 4. The molecule has 0 aromatic heterocycles. The molecule has 0 saturated heterocycles. The van der Waals surface area contributed by atoms with Crippen molar-refractivity contribution in [2.45, 2.75) is 9.79 Å². The SMILES string of the molecule is Nc1ccc(Br)c(S(=O)(=O)NCCSc2ccccc2)c1. The van der Waals surface area contributed by atoms with Crippen LogP contribution in [0.3, 0.4) is 0 Å². The second-order valence-electron chi connectivity index (χ2n) is 4.25. The number of anilines is 1. The van der Waals surface area contributed by atoms with Gasteiger partial charge >= 0.3 is 0 Å². The van der Waals surface area contributed by atoms with E-state index in [2.05, 4.69) is 20.7 Å². The van der Waals surface area contributed by atoms with Gasteiger partial charge in [0.15, 0.2) is 0 Å². The highest BCUT2D eigenvalue weighted by Crippen LogP contribution is 2.24. The van der Waals surface area contributed by atoms with E-state index in [0.29, 0.717) is 22.5 Å². The highest BCUT2D eigenvalue weighted by Gasteiger charge is 2.17. The van der Waals surface area contributed by atoms with Gasteiger partial charge in [0.05, 0.1) is 4.90 Å². The smallest absolute Gasteiger partial charge is 0.241 e. The van der Waals surface area contributed by atoms with Gasteiger partial charge in [-0.25, -0.2) is 13.1 Å². The number of nitrogens with two attached hydrogens (primary N) is 1. The van der Waals surface area contributed by atoms with Gasteiger partial charge < -0.3 is 5.73 Å². The highest BCUT2D eigenvalue weighted by atomic mass is 79.9. The maximum atomic E-state index is 12.2. The molecule has 4 nitrogen and oxygen atoms in total. The average Bonchev–Trinajstić information content (AvgIpc) is 2.47. The molecule has 0 aliphatic rings. The minimum Gasteiger partial charge on any atom is -0.399 e. The summed E-state index contributed by atoms with van der Waals surface area (Å²) in [7, 11) is -3.56. The molecule has 0 aliphatic carbocycles. The van der Waals surface area contributed by atoms with Crippen LogP contribution in [0.4, 0.5) is 5.69 Å². The predicted octanol–water partition coefficient (Wildman–Crippen LogP) is 3.10. The molecule has 0 atom stereocenters. The first-order valence-electron chi connectivity index (χ1n) is 6.21. The van der Waals surface area contributed by atoms with Gasteiger partial charge in [-0.05, 0) is 46.3 Å². The third kappa shape index (κ3) is 4.74. The molecule has 0 radical (unpaired) electrons. The number of sulfonamides is 1. The molecule has 2 aromatic carbocycles. The molecule has 0 saturated carbocycles. The number of thioether (sulfide) groups is 1. The standard InChI is InChI=1S/C14H15BrN2O2S2/c15-13-7-6-11(16)10-14(13)21(18,19)17-8-9-20-12-4-2-1-3-5-12/h1-7,10,17H,8-9,16H2. The van der Waals surface area contributed by atoms with Crippen molar-refractivity contribution in [3.63, 3.8) is 0 Å². The lowest BCUT2D eigenvalue weighted by molar-refractivity contribution is 0.584. The topological polar surface area (TPSA) is 72.2 Å². The molecule has 0 bridgehead atoms. The van der Waals surface area contributed by atoms with Crippen LogP contribution in [0, 0.1) is 0 Å². The molecule has 21 heavy (non-hydrogen) atoms. The van der Waals surface area contributed by atoms with Crippen LogP contribution < -0.4 is 10.5 Å². The van der Waals surface area contributed by atoms with Crippen LogP contribution in [0.2, 0.25) is 0 Å². The zero-order valence-electron chi connectivity index (χ0n) is 11.1. The molecule has 2 rings (SSSR count). The fourth-order valence-electron chi connectivity index (χ4n) is 1.67. The molecule has 0 unspecified atom stereocenters. The first-order chi connectivity index (χ1) is 9.99. The summed E-state index contributed by atoms with van der Waals surface area (Å²) in [6.07, 6.45) is 0. The van der Waals surface area contributed by atoms with Crippen molar-refractivity contribution >= 4 is 43.4 Å². The molecule has 0 fully saturated rings. The number of halogens is 1. The maximum absolute atomic E-state index is 12.2. The highest BCUT2D eigenvalue weighted by molar-refractivity contribution is 9.10. The summed E-state index contributed by atoms with van der Waals surface area (Å²) in [6.45, 7) is 0.350. The maximum Gasteiger partial charge on any atom is 0.241 e. The van der Waals surface area contributed by atoms with E-state index < -0.39 is 10.0 Å². The van der Waals surface area contributed by atoms with E-state index in [1.54, 1.807) is 23.9 Å². The second kappa shape index (κ2) is 7.31. The number of nitrogen functional groups attached to an aromatic ring is 1. The molecule has 7 heteroatoms. The van der Waals surface area contributed by atoms with E-state index >= 15 is 0 Å². The van der Waals surface area contributed by atoms with Crippen molar-refractivity contribution in [1.82, 2.24) is 4.72 Å². The molecule has 0 spiro atoms. The summed E-state index contributed by atoms with van der Waals surface area (Å²) in [6, 6.07) is 14.6. The summed E-state index contributed by atoms with van der Waals surface area (Å²) >= 11 is 4.83. The Balaban J connectivity index is 1.94. The van der Waals surface area contributed by atoms with E-state index in [1.165, 1.54) is 6.07 Å². The Hall–Kier alpha value is -1.02. The molecule has 0 amide bonds. The first-order valence-corrected chi connectivity index (χ1v) is 9.48. The molecule has 112 valence electrons. The van der Waals surface area contributed by atoms with Crippen molar-refractivity contribution in [3.05, 3.63) is 53.0 Å². The Bertz CT molecular complexity index is 706. The number of rotatable bonds is 6. The lowest BCUT2D eigenvalue weighted by Crippen LogP contribution is -2.26. The summed E-state index contributed by atoms with van der Waals surface area (Å²) in [5.41, 5.74) is 6.05. The monoisotopic (exact) mass is 386 g/mol. The Morgan fingerprint density at radius 1 is 1.14 bits per heavy atom. The van der Waals surface area contributed by atoms with Crippen molar-refractivity contribution in [3.8, 4) is 0 Å². The normalized spacial score (nSPS) is 11.5. The van der Waals surface area contributed by atoms with Crippen LogP contribution >= 0.6 is 27.7 Å². The lowest BCUT2D eigenvalue weighted by Gasteiger charge is -2.09. The minimum atomic E-state index is -3.56. The molecular weight excluding hydrogens is 372 g/mol. The molecule has 0 heterocycles. The van der Waals surface area contributed by atoms with Crippen molar-refractivity contribution in [2.24, 2.45) is 0 Å². The van der Waals surface area contributed by atoms with Gasteiger partial charge in [-0.3, -0.25) is 0 Å². The van der Waals surface area contributed by atoms with Gasteiger partial charge in [0.2, 0.25) is 10.0 Å². The van der Waals surface area contributed by atoms with Gasteiger partial charge in [-0.15, -0.1) is 11.8 Å². The van der Waals surface area contributed by atoms with Crippen molar-refractivity contribution in [1.29, 1.82) is 0 Å². The number of nitrogens with one attached hydrogen (secondary N) is 1. The van der Waals surface area contributed by atoms with Gasteiger partial charge in [0, 0.05) is 27.4 Å². The van der Waals surface area contributed by atoms with Gasteiger partial charge in [0.25, 0.3) is 0 Å². The third-order valence-electron chi connectivity index (χ3n) is 2.65. The Morgan fingerprint density at radius 3 is 2.57 bits per heavy atom. The fraction of sp³-hybridized carbons (Fsp3) is 0.143. The summed E-state index contributed by atoms with van der Waals surface area (Å²) < 4.78 is 27.5.